The van der Waals surface area contributed by atoms with E-state index in [4.69, 9.17) is 0 Å². The molecule has 1 N–H and O–H groups in total. The summed E-state index contributed by atoms with van der Waals surface area (Å²) in [5.74, 6) is 2.88. The maximum atomic E-state index is 12.8. The predicted molar refractivity (Wildman–Crippen MR) is 110 cm³/mol. The van der Waals surface area contributed by atoms with Crippen molar-refractivity contribution in [3.63, 3.8) is 0 Å². The summed E-state index contributed by atoms with van der Waals surface area (Å²) < 4.78 is 0. The van der Waals surface area contributed by atoms with Crippen molar-refractivity contribution in [1.29, 1.82) is 0 Å². The zero-order chi connectivity index (χ0) is 19.2. The largest absolute Gasteiger partial charge is 0.393 e. The number of ketones is 1. The Morgan fingerprint density at radius 1 is 1.07 bits per heavy atom. The first-order valence-electron chi connectivity index (χ1n) is 11.8. The van der Waals surface area contributed by atoms with Crippen molar-refractivity contribution in [2.24, 2.45) is 34.5 Å². The van der Waals surface area contributed by atoms with Crippen molar-refractivity contribution < 1.29 is 9.90 Å². The first kappa shape index (κ1) is 19.7. The van der Waals surface area contributed by atoms with Crippen molar-refractivity contribution in [1.82, 2.24) is 0 Å². The average molecular weight is 373 g/mol. The summed E-state index contributed by atoms with van der Waals surface area (Å²) in [7, 11) is 0. The number of unbranched alkanes of at least 4 members (excludes halogenated alkanes) is 3. The molecule has 3 fully saturated rings. The van der Waals surface area contributed by atoms with Crippen molar-refractivity contribution >= 4 is 5.78 Å². The van der Waals surface area contributed by atoms with E-state index in [1.165, 1.54) is 56.9 Å². The van der Waals surface area contributed by atoms with Crippen molar-refractivity contribution in [3.8, 4) is 0 Å². The number of carbonyl (C=O) groups excluding carboxylic acids is 1. The van der Waals surface area contributed by atoms with E-state index in [2.05, 4.69) is 26.8 Å². The van der Waals surface area contributed by atoms with Gasteiger partial charge in [-0.25, -0.2) is 0 Å². The number of fused-ring (bicyclic) bond motifs is 5. The van der Waals surface area contributed by atoms with E-state index in [0.29, 0.717) is 11.7 Å². The first-order valence-corrected chi connectivity index (χ1v) is 11.8. The lowest BCUT2D eigenvalue weighted by Crippen LogP contribution is -2.52. The summed E-state index contributed by atoms with van der Waals surface area (Å²) in [6, 6.07) is 0. The molecule has 0 aromatic carbocycles. The van der Waals surface area contributed by atoms with Gasteiger partial charge in [-0.1, -0.05) is 52.0 Å². The van der Waals surface area contributed by atoms with Gasteiger partial charge in [0.15, 0.2) is 5.78 Å². The molecule has 4 aliphatic carbocycles. The van der Waals surface area contributed by atoms with E-state index in [1.54, 1.807) is 0 Å². The molecule has 4 rings (SSSR count). The van der Waals surface area contributed by atoms with Crippen molar-refractivity contribution in [2.45, 2.75) is 104 Å². The fourth-order valence-corrected chi connectivity index (χ4v) is 7.78. The minimum Gasteiger partial charge on any atom is -0.393 e. The summed E-state index contributed by atoms with van der Waals surface area (Å²) in [5, 5.41) is 10.6. The van der Waals surface area contributed by atoms with E-state index in [-0.39, 0.29) is 22.9 Å². The normalized spacial score (nSPS) is 46.4. The highest BCUT2D eigenvalue weighted by Crippen LogP contribution is 2.65. The summed E-state index contributed by atoms with van der Waals surface area (Å²) in [4.78, 5) is 12.8. The Bertz CT molecular complexity index is 607. The van der Waals surface area contributed by atoms with E-state index in [9.17, 15) is 9.90 Å². The Labute approximate surface area is 166 Å². The van der Waals surface area contributed by atoms with E-state index in [1.807, 2.05) is 0 Å². The number of rotatable bonds is 5. The molecule has 2 nitrogen and oxygen atoms in total. The summed E-state index contributed by atoms with van der Waals surface area (Å²) in [5.41, 5.74) is 1.87. The summed E-state index contributed by atoms with van der Waals surface area (Å²) in [6.07, 6.45) is 16.2. The number of aliphatic hydroxyl groups excluding tert-OH is 1. The highest BCUT2D eigenvalue weighted by Gasteiger charge is 2.59. The Balaban J connectivity index is 1.53. The Kier molecular flexibility index (Phi) is 5.33. The molecule has 7 atom stereocenters. The van der Waals surface area contributed by atoms with Gasteiger partial charge < -0.3 is 5.11 Å². The fraction of sp³-hybridized carbons (Fsp3) is 0.880. The highest BCUT2D eigenvalue weighted by atomic mass is 16.3. The first-order chi connectivity index (χ1) is 12.9. The van der Waals surface area contributed by atoms with Crippen LogP contribution in [0.1, 0.15) is 97.8 Å². The molecule has 0 heterocycles. The zero-order valence-corrected chi connectivity index (χ0v) is 17.8. The number of hydrogen-bond acceptors (Lipinski definition) is 2. The van der Waals surface area contributed by atoms with E-state index < -0.39 is 0 Å². The molecule has 0 aromatic heterocycles. The lowest BCUT2D eigenvalue weighted by molar-refractivity contribution is -0.123. The second-order valence-electron chi connectivity index (χ2n) is 10.8. The topological polar surface area (TPSA) is 37.3 Å². The molecule has 1 unspecified atom stereocenters. The van der Waals surface area contributed by atoms with Gasteiger partial charge in [0.05, 0.1) is 6.10 Å². The van der Waals surface area contributed by atoms with Crippen LogP contribution in [0, 0.1) is 34.5 Å². The zero-order valence-electron chi connectivity index (χ0n) is 17.8. The predicted octanol–water partition coefficient (Wildman–Crippen LogP) is 6.08. The van der Waals surface area contributed by atoms with Gasteiger partial charge in [-0.2, -0.15) is 0 Å². The summed E-state index contributed by atoms with van der Waals surface area (Å²) >= 11 is 0. The maximum absolute atomic E-state index is 12.8. The number of carbonyl (C=O) groups is 1. The molecular formula is C25H40O2. The molecule has 0 spiro atoms. The molecule has 2 heteroatoms. The minimum absolute atomic E-state index is 0.0903. The number of allylic oxidation sites excluding steroid dienone is 1. The quantitative estimate of drug-likeness (QED) is 0.594. The van der Waals surface area contributed by atoms with Crippen LogP contribution in [0.15, 0.2) is 11.6 Å². The molecule has 0 radical (unpaired) electrons. The van der Waals surface area contributed by atoms with Gasteiger partial charge in [-0.3, -0.25) is 4.79 Å². The van der Waals surface area contributed by atoms with Crippen LogP contribution in [0.25, 0.3) is 0 Å². The average Bonchev–Trinajstić information content (AvgIpc) is 2.95. The molecule has 4 aliphatic rings. The molecule has 0 aliphatic heterocycles. The molecule has 0 saturated heterocycles. The minimum atomic E-state index is -0.0903. The second kappa shape index (κ2) is 7.32. The molecule has 0 bridgehead atoms. The van der Waals surface area contributed by atoms with Gasteiger partial charge in [0.1, 0.15) is 0 Å². The molecule has 3 saturated carbocycles. The van der Waals surface area contributed by atoms with Crippen LogP contribution in [0.4, 0.5) is 0 Å². The molecular weight excluding hydrogens is 332 g/mol. The smallest absolute Gasteiger partial charge is 0.158 e. The van der Waals surface area contributed by atoms with Crippen LogP contribution in [-0.2, 0) is 4.79 Å². The van der Waals surface area contributed by atoms with Crippen molar-refractivity contribution in [3.05, 3.63) is 11.6 Å². The Hall–Kier alpha value is -0.630. The lowest BCUT2D eigenvalue weighted by atomic mass is 9.46. The SMILES string of the molecule is CCCCCCC1C[C@@]2(C)C(=CC1=O)CC[C@H]1[C@@H]3CC[C@H](O)[C@@]3(C)CC[C@@H]12. The summed E-state index contributed by atoms with van der Waals surface area (Å²) in [6.45, 7) is 7.11. The highest BCUT2D eigenvalue weighted by molar-refractivity contribution is 5.93. The van der Waals surface area contributed by atoms with Gasteiger partial charge in [-0.05, 0) is 86.0 Å². The Morgan fingerprint density at radius 2 is 1.89 bits per heavy atom. The maximum Gasteiger partial charge on any atom is 0.158 e. The standard InChI is InChI=1S/C25H40O2/c1-4-5-6-7-8-17-16-25(3)18(15-22(17)26)9-10-19-20-11-12-23(27)24(20,2)14-13-21(19)25/h15,17,19-21,23,27H,4-14,16H2,1-3H3/t17?,19-,20-,21-,23-,24-,25-/m0/s1. The monoisotopic (exact) mass is 372 g/mol. The number of aliphatic hydroxyl groups is 1. The van der Waals surface area contributed by atoms with Crippen molar-refractivity contribution in [2.75, 3.05) is 0 Å². The van der Waals surface area contributed by atoms with Crippen LogP contribution in [0.3, 0.4) is 0 Å². The fourth-order valence-electron chi connectivity index (χ4n) is 7.78. The van der Waals surface area contributed by atoms with Crippen LogP contribution in [-0.4, -0.2) is 17.0 Å². The van der Waals surface area contributed by atoms with Crippen LogP contribution in [0.5, 0.6) is 0 Å². The van der Waals surface area contributed by atoms with Crippen LogP contribution in [0.2, 0.25) is 0 Å². The van der Waals surface area contributed by atoms with Gasteiger partial charge in [0, 0.05) is 5.92 Å². The van der Waals surface area contributed by atoms with Crippen LogP contribution < -0.4 is 0 Å². The number of hydrogen-bond donors (Lipinski definition) is 1. The van der Waals surface area contributed by atoms with Crippen LogP contribution >= 0.6 is 0 Å². The molecule has 27 heavy (non-hydrogen) atoms. The third-order valence-corrected chi connectivity index (χ3v) is 9.48. The van der Waals surface area contributed by atoms with Gasteiger partial charge in [-0.15, -0.1) is 0 Å². The third-order valence-electron chi connectivity index (χ3n) is 9.48. The van der Waals surface area contributed by atoms with Gasteiger partial charge in [0.2, 0.25) is 0 Å². The third kappa shape index (κ3) is 3.15. The molecule has 0 aromatic rings. The van der Waals surface area contributed by atoms with Gasteiger partial charge in [0.25, 0.3) is 0 Å². The van der Waals surface area contributed by atoms with E-state index >= 15 is 0 Å². The lowest BCUT2D eigenvalue weighted by Gasteiger charge is -2.58. The van der Waals surface area contributed by atoms with Gasteiger partial charge >= 0.3 is 0 Å². The molecule has 152 valence electrons. The van der Waals surface area contributed by atoms with E-state index in [0.717, 1.165) is 37.5 Å². The second-order valence-corrected chi connectivity index (χ2v) is 10.8. The Morgan fingerprint density at radius 3 is 2.67 bits per heavy atom. The molecule has 0 amide bonds.